The molecule has 0 spiro atoms. The van der Waals surface area contributed by atoms with Gasteiger partial charge in [-0.25, -0.2) is 9.78 Å². The van der Waals surface area contributed by atoms with Crippen molar-refractivity contribution in [3.05, 3.63) is 69.9 Å². The molecule has 0 amide bonds. The van der Waals surface area contributed by atoms with Gasteiger partial charge < -0.3 is 19.4 Å². The third-order valence-electron chi connectivity index (χ3n) is 5.49. The number of carbonyl (C=O) groups is 1. The number of aromatic nitrogens is 5. The smallest absolute Gasteiger partial charge is 0.326 e. The minimum Gasteiger partial charge on any atom is -0.480 e. The molecule has 10 heteroatoms. The maximum Gasteiger partial charge on any atom is 0.326 e. The largest absolute Gasteiger partial charge is 0.480 e. The molecule has 1 aromatic carbocycles. The summed E-state index contributed by atoms with van der Waals surface area (Å²) < 4.78 is 7.09. The Hall–Kier alpha value is -4.18. The van der Waals surface area contributed by atoms with Crippen molar-refractivity contribution in [2.75, 3.05) is 7.05 Å². The van der Waals surface area contributed by atoms with Crippen LogP contribution in [0.3, 0.4) is 0 Å². The van der Waals surface area contributed by atoms with E-state index in [1.54, 1.807) is 19.2 Å². The van der Waals surface area contributed by atoms with Crippen LogP contribution in [0.1, 0.15) is 32.6 Å². The van der Waals surface area contributed by atoms with Gasteiger partial charge in [0.25, 0.3) is 11.4 Å². The van der Waals surface area contributed by atoms with E-state index < -0.39 is 17.6 Å². The standard InChI is InChI=1S/C24H24N6O4.2H2/c1-13-9-16(10-25-4)5-7-18(13)22-28-29-23(34-22)21-14(2)26-11-19(27-21)17-6-8-20(31)30(12-17)15(3)24(32)33;;/h5-9,11-12,15,25H,10H2,1-4H3,(H,32,33);2*1H. The highest BCUT2D eigenvalue weighted by Crippen LogP contribution is 2.28. The number of carboxylic acid groups (broad SMARTS) is 1. The van der Waals surface area contributed by atoms with Crippen LogP contribution in [0.2, 0.25) is 0 Å². The predicted molar refractivity (Wildman–Crippen MR) is 129 cm³/mol. The first kappa shape index (κ1) is 23.0. The van der Waals surface area contributed by atoms with Crippen molar-refractivity contribution in [2.45, 2.75) is 33.4 Å². The normalized spacial score (nSPS) is 12.0. The summed E-state index contributed by atoms with van der Waals surface area (Å²) in [5, 5.41) is 20.8. The Kier molecular flexibility index (Phi) is 6.33. The van der Waals surface area contributed by atoms with Crippen LogP contribution in [0.4, 0.5) is 0 Å². The van der Waals surface area contributed by atoms with Crippen molar-refractivity contribution >= 4 is 5.97 Å². The summed E-state index contributed by atoms with van der Waals surface area (Å²) in [7, 11) is 1.90. The second-order valence-electron chi connectivity index (χ2n) is 7.96. The van der Waals surface area contributed by atoms with E-state index >= 15 is 0 Å². The van der Waals surface area contributed by atoms with Gasteiger partial charge in [-0.15, -0.1) is 10.2 Å². The number of aliphatic carboxylic acids is 1. The highest BCUT2D eigenvalue weighted by atomic mass is 16.4. The number of nitrogens with one attached hydrogen (secondary N) is 1. The third-order valence-corrected chi connectivity index (χ3v) is 5.49. The molecular formula is C24H28N6O4. The van der Waals surface area contributed by atoms with Gasteiger partial charge in [-0.1, -0.05) is 12.1 Å². The lowest BCUT2D eigenvalue weighted by atomic mass is 10.1. The van der Waals surface area contributed by atoms with E-state index in [2.05, 4.69) is 31.5 Å². The van der Waals surface area contributed by atoms with Crippen LogP contribution in [-0.4, -0.2) is 42.9 Å². The zero-order valence-corrected chi connectivity index (χ0v) is 19.2. The molecule has 3 heterocycles. The lowest BCUT2D eigenvalue weighted by Crippen LogP contribution is -2.27. The number of nitrogens with zero attached hydrogens (tertiary/aromatic N) is 5. The summed E-state index contributed by atoms with van der Waals surface area (Å²) in [5.74, 6) is -0.519. The SMILES string of the molecule is CNCc1ccc(-c2nnc(-c3nc(-c4ccc(=O)n(C(C)C(=O)O)c4)cnc3C)o2)c(C)c1.[HH].[HH]. The summed E-state index contributed by atoms with van der Waals surface area (Å²) in [6.07, 6.45) is 3.01. The fourth-order valence-electron chi connectivity index (χ4n) is 3.58. The molecule has 34 heavy (non-hydrogen) atoms. The van der Waals surface area contributed by atoms with Gasteiger partial charge in [-0.3, -0.25) is 9.78 Å². The molecule has 3 aromatic heterocycles. The topological polar surface area (TPSA) is 136 Å². The van der Waals surface area contributed by atoms with E-state index in [-0.39, 0.29) is 8.74 Å². The van der Waals surface area contributed by atoms with Gasteiger partial charge in [0, 0.05) is 32.8 Å². The highest BCUT2D eigenvalue weighted by Gasteiger charge is 2.19. The van der Waals surface area contributed by atoms with Crippen LogP contribution in [0, 0.1) is 13.8 Å². The number of rotatable bonds is 7. The number of hydrogen-bond acceptors (Lipinski definition) is 8. The van der Waals surface area contributed by atoms with Crippen molar-refractivity contribution in [3.8, 4) is 34.3 Å². The van der Waals surface area contributed by atoms with E-state index in [9.17, 15) is 14.7 Å². The average molecular weight is 465 g/mol. The van der Waals surface area contributed by atoms with Crippen molar-refractivity contribution < 1.29 is 17.2 Å². The molecule has 2 N–H and O–H groups in total. The fraction of sp³-hybridized carbons (Fsp3) is 0.250. The average Bonchev–Trinajstić information content (AvgIpc) is 3.29. The monoisotopic (exact) mass is 464 g/mol. The van der Waals surface area contributed by atoms with Gasteiger partial charge in [0.15, 0.2) is 0 Å². The summed E-state index contributed by atoms with van der Waals surface area (Å²) in [6.45, 7) is 5.96. The van der Waals surface area contributed by atoms with Gasteiger partial charge in [-0.2, -0.15) is 0 Å². The van der Waals surface area contributed by atoms with Crippen LogP contribution in [-0.2, 0) is 11.3 Å². The Labute approximate surface area is 198 Å². The molecule has 0 aliphatic rings. The van der Waals surface area contributed by atoms with Crippen LogP contribution in [0.25, 0.3) is 34.3 Å². The maximum absolute atomic E-state index is 12.1. The van der Waals surface area contributed by atoms with Crippen molar-refractivity contribution in [3.63, 3.8) is 0 Å². The van der Waals surface area contributed by atoms with Crippen LogP contribution >= 0.6 is 0 Å². The second kappa shape index (κ2) is 9.36. The number of aryl methyl sites for hydroxylation is 2. The number of pyridine rings is 1. The molecule has 4 aromatic rings. The molecule has 0 radical (unpaired) electrons. The summed E-state index contributed by atoms with van der Waals surface area (Å²) >= 11 is 0. The molecular weight excluding hydrogens is 436 g/mol. The van der Waals surface area contributed by atoms with Crippen LogP contribution in [0.5, 0.6) is 0 Å². The molecule has 1 unspecified atom stereocenters. The molecule has 1 atom stereocenters. The summed E-state index contributed by atoms with van der Waals surface area (Å²) in [4.78, 5) is 32.5. The molecule has 0 aliphatic heterocycles. The van der Waals surface area contributed by atoms with E-state index in [1.165, 1.54) is 19.2 Å². The fourth-order valence-corrected chi connectivity index (χ4v) is 3.58. The first-order valence-corrected chi connectivity index (χ1v) is 10.7. The minimum atomic E-state index is -1.11. The first-order chi connectivity index (χ1) is 16.3. The number of hydrogen-bond donors (Lipinski definition) is 2. The Balaban J connectivity index is 0.00000228. The zero-order valence-electron chi connectivity index (χ0n) is 19.2. The lowest BCUT2D eigenvalue weighted by molar-refractivity contribution is -0.140. The lowest BCUT2D eigenvalue weighted by Gasteiger charge is -2.12. The number of carboxylic acids is 1. The van der Waals surface area contributed by atoms with Gasteiger partial charge >= 0.3 is 5.97 Å². The Bertz CT molecular complexity index is 1440. The quantitative estimate of drug-likeness (QED) is 0.421. The van der Waals surface area contributed by atoms with Gasteiger partial charge in [0.05, 0.1) is 17.6 Å². The molecule has 0 saturated carbocycles. The molecule has 178 valence electrons. The highest BCUT2D eigenvalue weighted by molar-refractivity contribution is 5.72. The predicted octanol–water partition coefficient (Wildman–Crippen LogP) is 3.50. The first-order valence-electron chi connectivity index (χ1n) is 10.7. The van der Waals surface area contributed by atoms with Crippen molar-refractivity contribution in [1.82, 2.24) is 30.0 Å². The summed E-state index contributed by atoms with van der Waals surface area (Å²) in [6, 6.07) is 7.87. The van der Waals surface area contributed by atoms with E-state index in [4.69, 9.17) is 4.42 Å². The molecule has 4 rings (SSSR count). The molecule has 0 saturated heterocycles. The summed E-state index contributed by atoms with van der Waals surface area (Å²) in [5.41, 5.74) is 4.55. The molecule has 0 aliphatic carbocycles. The second-order valence-corrected chi connectivity index (χ2v) is 7.96. The van der Waals surface area contributed by atoms with E-state index in [1.807, 2.05) is 26.1 Å². The maximum atomic E-state index is 12.1. The van der Waals surface area contributed by atoms with Gasteiger partial charge in [-0.05, 0) is 51.1 Å². The third kappa shape index (κ3) is 4.48. The van der Waals surface area contributed by atoms with E-state index in [0.29, 0.717) is 28.5 Å². The van der Waals surface area contributed by atoms with Gasteiger partial charge in [0.1, 0.15) is 11.7 Å². The van der Waals surface area contributed by atoms with Crippen molar-refractivity contribution in [2.24, 2.45) is 0 Å². The molecule has 0 bridgehead atoms. The molecule has 0 fully saturated rings. The van der Waals surface area contributed by atoms with Crippen LogP contribution in [0.15, 0.2) is 51.9 Å². The van der Waals surface area contributed by atoms with Gasteiger partial charge in [0.2, 0.25) is 5.89 Å². The zero-order chi connectivity index (χ0) is 24.4. The Morgan fingerprint density at radius 3 is 2.68 bits per heavy atom. The number of benzene rings is 1. The van der Waals surface area contributed by atoms with E-state index in [0.717, 1.165) is 27.8 Å². The minimum absolute atomic E-state index is 0. The molecule has 10 nitrogen and oxygen atoms in total. The Morgan fingerprint density at radius 2 is 1.97 bits per heavy atom. The Morgan fingerprint density at radius 1 is 1.21 bits per heavy atom. The van der Waals surface area contributed by atoms with Crippen molar-refractivity contribution in [1.29, 1.82) is 0 Å². The van der Waals surface area contributed by atoms with Crippen LogP contribution < -0.4 is 10.9 Å².